The number of hydrazine groups is 1. The first kappa shape index (κ1) is 24.9. The fourth-order valence-electron chi connectivity index (χ4n) is 3.36. The Bertz CT molecular complexity index is 825. The van der Waals surface area contributed by atoms with Gasteiger partial charge in [0.15, 0.2) is 0 Å². The third-order valence-electron chi connectivity index (χ3n) is 4.84. The van der Waals surface area contributed by atoms with Crippen LogP contribution in [0.1, 0.15) is 37.9 Å². The van der Waals surface area contributed by atoms with Crippen LogP contribution in [0.4, 0.5) is 17.5 Å². The monoisotopic (exact) mass is 437 g/mol. The zero-order valence-electron chi connectivity index (χ0n) is 16.8. The van der Waals surface area contributed by atoms with Crippen molar-refractivity contribution in [2.45, 2.75) is 39.2 Å². The first-order valence-electron chi connectivity index (χ1n) is 9.54. The lowest BCUT2D eigenvalue weighted by molar-refractivity contribution is 0.227. The van der Waals surface area contributed by atoms with E-state index in [0.29, 0.717) is 17.6 Å². The maximum atomic E-state index is 9.09. The van der Waals surface area contributed by atoms with E-state index in [0.717, 1.165) is 56.1 Å². The Kier molecular flexibility index (Phi) is 10.1. The van der Waals surface area contributed by atoms with Crippen molar-refractivity contribution in [3.63, 3.8) is 0 Å². The van der Waals surface area contributed by atoms with Gasteiger partial charge in [-0.15, -0.1) is 24.8 Å². The van der Waals surface area contributed by atoms with Gasteiger partial charge in [0, 0.05) is 43.1 Å². The molecule has 0 unspecified atom stereocenters. The molecule has 7 nitrogen and oxygen atoms in total. The number of rotatable bonds is 7. The number of likely N-dealkylation sites (N-methyl/N-ethyl adjacent to an activating group) is 1. The molecule has 1 aromatic heterocycles. The Hall–Kier alpha value is -2.11. The molecule has 1 aliphatic heterocycles. The Morgan fingerprint density at radius 1 is 1.28 bits per heavy atom. The number of aromatic nitrogens is 2. The molecule has 1 aromatic carbocycles. The van der Waals surface area contributed by atoms with Gasteiger partial charge in [-0.2, -0.15) is 10.2 Å². The van der Waals surface area contributed by atoms with E-state index in [4.69, 9.17) is 16.1 Å². The van der Waals surface area contributed by atoms with Crippen LogP contribution in [0.2, 0.25) is 0 Å². The summed E-state index contributed by atoms with van der Waals surface area (Å²) in [7, 11) is 0. The largest absolute Gasteiger partial charge is 0.355 e. The average molecular weight is 438 g/mol. The van der Waals surface area contributed by atoms with Crippen LogP contribution < -0.4 is 16.1 Å². The van der Waals surface area contributed by atoms with E-state index < -0.39 is 0 Å². The molecule has 158 valence electrons. The van der Waals surface area contributed by atoms with E-state index in [2.05, 4.69) is 41.2 Å². The molecule has 0 saturated carbocycles. The van der Waals surface area contributed by atoms with Gasteiger partial charge in [-0.25, -0.2) is 9.99 Å². The van der Waals surface area contributed by atoms with Crippen LogP contribution >= 0.6 is 24.8 Å². The van der Waals surface area contributed by atoms with Gasteiger partial charge in [-0.3, -0.25) is 5.84 Å². The molecule has 2 heterocycles. The predicted octanol–water partition coefficient (Wildman–Crippen LogP) is 3.66. The van der Waals surface area contributed by atoms with Crippen molar-refractivity contribution in [2.24, 2.45) is 5.84 Å². The fourth-order valence-corrected chi connectivity index (χ4v) is 3.36. The van der Waals surface area contributed by atoms with Crippen LogP contribution in [0.5, 0.6) is 0 Å². The van der Waals surface area contributed by atoms with E-state index in [-0.39, 0.29) is 24.8 Å². The molecule has 3 rings (SSSR count). The standard InChI is InChI=1S/C20H27N7.2ClH/c1-3-6-16-12-19(26-10-9-18(14-26)27(22)4-2)25-20(23-16)24-17-8-5-7-15(11-17)13-21;;/h5,7-8,11-12,18H,3-4,6,9-10,14,22H2,1-2H3,(H,23,24,25);2*1H/t18-;;/m0../s1. The highest BCUT2D eigenvalue weighted by molar-refractivity contribution is 5.85. The van der Waals surface area contributed by atoms with Crippen LogP contribution in [0.3, 0.4) is 0 Å². The maximum Gasteiger partial charge on any atom is 0.229 e. The first-order chi connectivity index (χ1) is 13.1. The molecule has 1 atom stereocenters. The fraction of sp³-hybridized carbons (Fsp3) is 0.450. The van der Waals surface area contributed by atoms with Gasteiger partial charge >= 0.3 is 0 Å². The molecule has 1 saturated heterocycles. The SMILES string of the molecule is CCCc1cc(N2CC[C@H](N(N)CC)C2)nc(Nc2cccc(C#N)c2)n1.Cl.Cl. The summed E-state index contributed by atoms with van der Waals surface area (Å²) in [5.74, 6) is 7.59. The summed E-state index contributed by atoms with van der Waals surface area (Å²) >= 11 is 0. The number of nitrogens with one attached hydrogen (secondary N) is 1. The lowest BCUT2D eigenvalue weighted by atomic mass is 10.2. The number of nitrogens with two attached hydrogens (primary N) is 1. The van der Waals surface area contributed by atoms with Crippen LogP contribution in [0.15, 0.2) is 30.3 Å². The molecule has 2 aromatic rings. The summed E-state index contributed by atoms with van der Waals surface area (Å²) in [5, 5.41) is 14.2. The summed E-state index contributed by atoms with van der Waals surface area (Å²) in [4.78, 5) is 11.7. The molecule has 0 aliphatic carbocycles. The molecule has 9 heteroatoms. The number of benzene rings is 1. The third-order valence-corrected chi connectivity index (χ3v) is 4.84. The summed E-state index contributed by atoms with van der Waals surface area (Å²) in [6, 6.07) is 11.9. The van der Waals surface area contributed by atoms with Crippen molar-refractivity contribution in [1.82, 2.24) is 15.0 Å². The summed E-state index contributed by atoms with van der Waals surface area (Å²) in [6.45, 7) is 6.86. The topological polar surface area (TPSA) is 94.1 Å². The number of nitrogens with zero attached hydrogens (tertiary/aromatic N) is 5. The normalized spacial score (nSPS) is 15.4. The maximum absolute atomic E-state index is 9.09. The molecule has 0 amide bonds. The van der Waals surface area contributed by atoms with Gasteiger partial charge in [0.2, 0.25) is 5.95 Å². The molecule has 3 N–H and O–H groups in total. The number of nitriles is 1. The van der Waals surface area contributed by atoms with E-state index in [1.807, 2.05) is 17.1 Å². The molecule has 29 heavy (non-hydrogen) atoms. The predicted molar refractivity (Wildman–Crippen MR) is 122 cm³/mol. The quantitative estimate of drug-likeness (QED) is 0.503. The number of halogens is 2. The zero-order chi connectivity index (χ0) is 19.2. The second-order valence-corrected chi connectivity index (χ2v) is 6.83. The number of hydrogen-bond donors (Lipinski definition) is 2. The van der Waals surface area contributed by atoms with Crippen LogP contribution in [0.25, 0.3) is 0 Å². The van der Waals surface area contributed by atoms with E-state index in [9.17, 15) is 0 Å². The zero-order valence-corrected chi connectivity index (χ0v) is 18.5. The smallest absolute Gasteiger partial charge is 0.229 e. The van der Waals surface area contributed by atoms with Gasteiger partial charge in [-0.1, -0.05) is 26.3 Å². The summed E-state index contributed by atoms with van der Waals surface area (Å²) in [5.41, 5.74) is 2.44. The summed E-state index contributed by atoms with van der Waals surface area (Å²) in [6.07, 6.45) is 2.96. The molecule has 1 aliphatic rings. The second-order valence-electron chi connectivity index (χ2n) is 6.83. The first-order valence-corrected chi connectivity index (χ1v) is 9.54. The lowest BCUT2D eigenvalue weighted by Gasteiger charge is -2.23. The molecular formula is C20H29Cl2N7. The van der Waals surface area contributed by atoms with Crippen molar-refractivity contribution in [1.29, 1.82) is 5.26 Å². The Morgan fingerprint density at radius 3 is 2.76 bits per heavy atom. The van der Waals surface area contributed by atoms with Gasteiger partial charge in [0.05, 0.1) is 11.6 Å². The highest BCUT2D eigenvalue weighted by atomic mass is 35.5. The van der Waals surface area contributed by atoms with Gasteiger partial charge < -0.3 is 10.2 Å². The molecule has 0 bridgehead atoms. The van der Waals surface area contributed by atoms with Gasteiger partial charge in [0.25, 0.3) is 0 Å². The Balaban J connectivity index is 0.00000210. The molecule has 0 radical (unpaired) electrons. The molecule has 1 fully saturated rings. The Morgan fingerprint density at radius 2 is 2.07 bits per heavy atom. The number of hydrogen-bond acceptors (Lipinski definition) is 7. The van der Waals surface area contributed by atoms with E-state index >= 15 is 0 Å². The van der Waals surface area contributed by atoms with Crippen molar-refractivity contribution in [3.8, 4) is 6.07 Å². The van der Waals surface area contributed by atoms with Crippen molar-refractivity contribution in [2.75, 3.05) is 29.9 Å². The van der Waals surface area contributed by atoms with Crippen molar-refractivity contribution >= 4 is 42.3 Å². The Labute approximate surface area is 185 Å². The number of anilines is 3. The van der Waals surface area contributed by atoms with Gasteiger partial charge in [-0.05, 0) is 31.0 Å². The van der Waals surface area contributed by atoms with Crippen LogP contribution in [-0.2, 0) is 6.42 Å². The summed E-state index contributed by atoms with van der Waals surface area (Å²) < 4.78 is 0. The minimum Gasteiger partial charge on any atom is -0.355 e. The average Bonchev–Trinajstić information content (AvgIpc) is 3.18. The second kappa shape index (κ2) is 11.8. The lowest BCUT2D eigenvalue weighted by Crippen LogP contribution is -2.42. The minimum absolute atomic E-state index is 0. The van der Waals surface area contributed by atoms with E-state index in [1.165, 1.54) is 0 Å². The molecule has 0 spiro atoms. The van der Waals surface area contributed by atoms with Crippen LogP contribution in [-0.4, -0.2) is 40.7 Å². The van der Waals surface area contributed by atoms with Crippen LogP contribution in [0, 0.1) is 11.3 Å². The number of aryl methyl sites for hydroxylation is 1. The molecular weight excluding hydrogens is 409 g/mol. The minimum atomic E-state index is 0. The third kappa shape index (κ3) is 6.44. The van der Waals surface area contributed by atoms with E-state index in [1.54, 1.807) is 12.1 Å². The highest BCUT2D eigenvalue weighted by Gasteiger charge is 2.27. The van der Waals surface area contributed by atoms with Gasteiger partial charge in [0.1, 0.15) is 5.82 Å². The van der Waals surface area contributed by atoms with Crippen molar-refractivity contribution in [3.05, 3.63) is 41.6 Å². The van der Waals surface area contributed by atoms with Crippen molar-refractivity contribution < 1.29 is 0 Å². The highest BCUT2D eigenvalue weighted by Crippen LogP contribution is 2.24.